The molecule has 3 aromatic heterocycles. The molecule has 4 aromatic rings. The van der Waals surface area contributed by atoms with E-state index in [0.29, 0.717) is 28.6 Å². The standard InChI is InChI=1S/C17H14N4O3S/c1-10-4-3-5-12(8-10)15-18-14(21-24-15)9-25-17-20-19-16(23-17)13-6-7-22-11(13)2/h3-8H,9H2,1-2H3. The van der Waals surface area contributed by atoms with Gasteiger partial charge in [-0.25, -0.2) is 0 Å². The maximum atomic E-state index is 5.63. The number of hydrogen-bond donors (Lipinski definition) is 0. The zero-order chi connectivity index (χ0) is 17.2. The Kier molecular flexibility index (Phi) is 4.10. The van der Waals surface area contributed by atoms with Crippen molar-refractivity contribution in [2.45, 2.75) is 24.8 Å². The highest BCUT2D eigenvalue weighted by Crippen LogP contribution is 2.28. The molecular weight excluding hydrogens is 340 g/mol. The smallest absolute Gasteiger partial charge is 0.277 e. The van der Waals surface area contributed by atoms with Gasteiger partial charge in [-0.15, -0.1) is 10.2 Å². The van der Waals surface area contributed by atoms with Crippen LogP contribution >= 0.6 is 11.8 Å². The van der Waals surface area contributed by atoms with Gasteiger partial charge >= 0.3 is 0 Å². The largest absolute Gasteiger partial charge is 0.469 e. The van der Waals surface area contributed by atoms with E-state index in [9.17, 15) is 0 Å². The second kappa shape index (κ2) is 6.56. The van der Waals surface area contributed by atoms with Crippen molar-refractivity contribution in [3.05, 3.63) is 53.7 Å². The Bertz CT molecular complexity index is 1000. The van der Waals surface area contributed by atoms with Gasteiger partial charge in [0.05, 0.1) is 17.6 Å². The average Bonchev–Trinajstić information content (AvgIpc) is 3.33. The average molecular weight is 354 g/mol. The van der Waals surface area contributed by atoms with Gasteiger partial charge in [0.2, 0.25) is 0 Å². The lowest BCUT2D eigenvalue weighted by Crippen LogP contribution is -1.84. The fourth-order valence-electron chi connectivity index (χ4n) is 2.32. The highest BCUT2D eigenvalue weighted by atomic mass is 32.2. The summed E-state index contributed by atoms with van der Waals surface area (Å²) >= 11 is 1.35. The molecule has 0 radical (unpaired) electrons. The molecule has 0 aliphatic rings. The summed E-state index contributed by atoms with van der Waals surface area (Å²) in [4.78, 5) is 4.40. The molecule has 0 spiro atoms. The van der Waals surface area contributed by atoms with Crippen molar-refractivity contribution in [1.29, 1.82) is 0 Å². The maximum Gasteiger partial charge on any atom is 0.277 e. The summed E-state index contributed by atoms with van der Waals surface area (Å²) in [6, 6.07) is 9.72. The quantitative estimate of drug-likeness (QED) is 0.490. The second-order valence-electron chi connectivity index (χ2n) is 5.44. The van der Waals surface area contributed by atoms with Gasteiger partial charge in [0.1, 0.15) is 5.76 Å². The molecule has 8 heteroatoms. The van der Waals surface area contributed by atoms with Crippen molar-refractivity contribution < 1.29 is 13.4 Å². The zero-order valence-electron chi connectivity index (χ0n) is 13.6. The van der Waals surface area contributed by atoms with Gasteiger partial charge in [-0.2, -0.15) is 4.98 Å². The predicted molar refractivity (Wildman–Crippen MR) is 90.8 cm³/mol. The number of thioether (sulfide) groups is 1. The van der Waals surface area contributed by atoms with Crippen LogP contribution in [0.15, 0.2) is 55.2 Å². The molecule has 126 valence electrons. The maximum absolute atomic E-state index is 5.63. The molecule has 0 aliphatic heterocycles. The molecule has 0 N–H and O–H groups in total. The first-order chi connectivity index (χ1) is 12.2. The van der Waals surface area contributed by atoms with Crippen molar-refractivity contribution in [2.24, 2.45) is 0 Å². The van der Waals surface area contributed by atoms with E-state index < -0.39 is 0 Å². The molecule has 0 atom stereocenters. The van der Waals surface area contributed by atoms with Crippen LogP contribution in [-0.4, -0.2) is 20.3 Å². The Morgan fingerprint density at radius 1 is 1.08 bits per heavy atom. The van der Waals surface area contributed by atoms with Gasteiger partial charge in [0.15, 0.2) is 5.82 Å². The van der Waals surface area contributed by atoms with Crippen LogP contribution in [0.1, 0.15) is 17.1 Å². The molecule has 0 amide bonds. The van der Waals surface area contributed by atoms with Gasteiger partial charge in [-0.1, -0.05) is 34.6 Å². The van der Waals surface area contributed by atoms with Crippen molar-refractivity contribution in [1.82, 2.24) is 20.3 Å². The topological polar surface area (TPSA) is 91.0 Å². The summed E-state index contributed by atoms with van der Waals surface area (Å²) in [6.07, 6.45) is 1.59. The molecule has 1 aromatic carbocycles. The van der Waals surface area contributed by atoms with E-state index in [2.05, 4.69) is 20.3 Å². The summed E-state index contributed by atoms with van der Waals surface area (Å²) in [5.74, 6) is 2.71. The third kappa shape index (κ3) is 3.34. The van der Waals surface area contributed by atoms with E-state index in [1.807, 2.05) is 38.1 Å². The molecule has 0 saturated heterocycles. The summed E-state index contributed by atoms with van der Waals surface area (Å²) < 4.78 is 16.2. The lowest BCUT2D eigenvalue weighted by atomic mass is 10.1. The number of hydrogen-bond acceptors (Lipinski definition) is 8. The van der Waals surface area contributed by atoms with E-state index >= 15 is 0 Å². The van der Waals surface area contributed by atoms with Gasteiger partial charge in [-0.05, 0) is 32.0 Å². The molecular formula is C17H14N4O3S. The number of aryl methyl sites for hydroxylation is 2. The third-order valence-electron chi connectivity index (χ3n) is 3.55. The summed E-state index contributed by atoms with van der Waals surface area (Å²) in [6.45, 7) is 3.87. The van der Waals surface area contributed by atoms with E-state index in [1.165, 1.54) is 11.8 Å². The Morgan fingerprint density at radius 3 is 2.80 bits per heavy atom. The van der Waals surface area contributed by atoms with E-state index in [-0.39, 0.29) is 0 Å². The lowest BCUT2D eigenvalue weighted by molar-refractivity contribution is 0.425. The van der Waals surface area contributed by atoms with E-state index in [1.54, 1.807) is 12.3 Å². The van der Waals surface area contributed by atoms with Crippen molar-refractivity contribution in [3.63, 3.8) is 0 Å². The number of nitrogens with zero attached hydrogens (tertiary/aromatic N) is 4. The summed E-state index contributed by atoms with van der Waals surface area (Å²) in [7, 11) is 0. The first-order valence-electron chi connectivity index (χ1n) is 7.59. The molecule has 0 aliphatic carbocycles. The van der Waals surface area contributed by atoms with Gasteiger partial charge in [-0.3, -0.25) is 0 Å². The minimum atomic E-state index is 0.433. The third-order valence-corrected chi connectivity index (χ3v) is 4.37. The van der Waals surface area contributed by atoms with Crippen LogP contribution in [0.25, 0.3) is 22.9 Å². The van der Waals surface area contributed by atoms with Crippen molar-refractivity contribution in [3.8, 4) is 22.9 Å². The van der Waals surface area contributed by atoms with Crippen LogP contribution in [0.2, 0.25) is 0 Å². The highest BCUT2D eigenvalue weighted by molar-refractivity contribution is 7.98. The van der Waals surface area contributed by atoms with Crippen LogP contribution in [0.3, 0.4) is 0 Å². The summed E-state index contributed by atoms with van der Waals surface area (Å²) in [5, 5.41) is 12.5. The first-order valence-corrected chi connectivity index (χ1v) is 8.58. The Labute approximate surface area is 147 Å². The highest BCUT2D eigenvalue weighted by Gasteiger charge is 2.15. The molecule has 25 heavy (non-hydrogen) atoms. The molecule has 0 unspecified atom stereocenters. The fourth-order valence-corrected chi connectivity index (χ4v) is 2.92. The molecule has 4 rings (SSSR count). The van der Waals surface area contributed by atoms with Crippen LogP contribution in [0.5, 0.6) is 0 Å². The first kappa shape index (κ1) is 15.6. The van der Waals surface area contributed by atoms with Gasteiger partial charge in [0, 0.05) is 5.56 Å². The molecule has 0 bridgehead atoms. The number of aromatic nitrogens is 4. The predicted octanol–water partition coefficient (Wildman–Crippen LogP) is 4.29. The Morgan fingerprint density at radius 2 is 2.00 bits per heavy atom. The second-order valence-corrected chi connectivity index (χ2v) is 6.36. The van der Waals surface area contributed by atoms with Gasteiger partial charge < -0.3 is 13.4 Å². The number of furan rings is 1. The lowest BCUT2D eigenvalue weighted by Gasteiger charge is -1.95. The normalized spacial score (nSPS) is 11.1. The minimum Gasteiger partial charge on any atom is -0.469 e. The van der Waals surface area contributed by atoms with E-state index in [4.69, 9.17) is 13.4 Å². The monoisotopic (exact) mass is 354 g/mol. The molecule has 3 heterocycles. The summed E-state index contributed by atoms with van der Waals surface area (Å²) in [5.41, 5.74) is 2.83. The van der Waals surface area contributed by atoms with Crippen LogP contribution < -0.4 is 0 Å². The van der Waals surface area contributed by atoms with Crippen LogP contribution in [0.4, 0.5) is 0 Å². The Hall–Kier alpha value is -2.87. The van der Waals surface area contributed by atoms with Crippen LogP contribution in [0, 0.1) is 13.8 Å². The molecule has 7 nitrogen and oxygen atoms in total. The fraction of sp³-hybridized carbons (Fsp3) is 0.176. The Balaban J connectivity index is 1.44. The van der Waals surface area contributed by atoms with Crippen molar-refractivity contribution in [2.75, 3.05) is 0 Å². The number of benzene rings is 1. The SMILES string of the molecule is Cc1cccc(-c2nc(CSc3nnc(-c4ccoc4C)o3)no2)c1. The van der Waals surface area contributed by atoms with Crippen LogP contribution in [-0.2, 0) is 5.75 Å². The minimum absolute atomic E-state index is 0.433. The van der Waals surface area contributed by atoms with Gasteiger partial charge in [0.25, 0.3) is 17.0 Å². The van der Waals surface area contributed by atoms with E-state index in [0.717, 1.165) is 22.5 Å². The zero-order valence-corrected chi connectivity index (χ0v) is 14.4. The molecule has 0 fully saturated rings. The number of rotatable bonds is 5. The van der Waals surface area contributed by atoms with Crippen molar-refractivity contribution >= 4 is 11.8 Å². The molecule has 0 saturated carbocycles.